The van der Waals surface area contributed by atoms with Crippen LogP contribution in [0.5, 0.6) is 0 Å². The number of carbonyl (C=O) groups excluding carboxylic acids is 1. The van der Waals surface area contributed by atoms with Crippen LogP contribution in [0, 0.1) is 0 Å². The van der Waals surface area contributed by atoms with E-state index in [2.05, 4.69) is 0 Å². The molecule has 0 aliphatic carbocycles. The number of hydrogen-bond donors (Lipinski definition) is 0. The summed E-state index contributed by atoms with van der Waals surface area (Å²) >= 11 is 1.17. The van der Waals surface area contributed by atoms with Crippen molar-refractivity contribution in [2.75, 3.05) is 19.8 Å². The van der Waals surface area contributed by atoms with E-state index in [1.54, 1.807) is 32.2 Å². The topological polar surface area (TPSA) is 61.8 Å². The molecule has 7 heteroatoms. The quantitative estimate of drug-likeness (QED) is 0.571. The molecule has 18 heavy (non-hydrogen) atoms. The third-order valence-electron chi connectivity index (χ3n) is 2.00. The normalized spacial score (nSPS) is 11.5. The fourth-order valence-electron chi connectivity index (χ4n) is 1.38. The Morgan fingerprint density at radius 2 is 1.83 bits per heavy atom. The van der Waals surface area contributed by atoms with E-state index in [1.165, 1.54) is 11.3 Å². The molecule has 0 bridgehead atoms. The van der Waals surface area contributed by atoms with Crippen molar-refractivity contribution in [3.63, 3.8) is 0 Å². The second kappa shape index (κ2) is 7.04. The largest absolute Gasteiger partial charge is 0.462 e. The van der Waals surface area contributed by atoms with E-state index >= 15 is 0 Å². The van der Waals surface area contributed by atoms with Gasteiger partial charge in [-0.05, 0) is 32.2 Å². The zero-order valence-electron chi connectivity index (χ0n) is 10.7. The molecule has 0 saturated heterocycles. The average Bonchev–Trinajstić information content (AvgIpc) is 2.79. The third-order valence-corrected chi connectivity index (χ3v) is 5.20. The maximum Gasteiger partial charge on any atom is 0.363 e. The van der Waals surface area contributed by atoms with Crippen LogP contribution in [0.2, 0.25) is 0 Å². The molecule has 5 nitrogen and oxygen atoms in total. The van der Waals surface area contributed by atoms with Gasteiger partial charge in [-0.3, -0.25) is 4.57 Å². The minimum atomic E-state index is -3.43. The van der Waals surface area contributed by atoms with Crippen LogP contribution in [-0.4, -0.2) is 25.8 Å². The monoisotopic (exact) mass is 292 g/mol. The van der Waals surface area contributed by atoms with Crippen LogP contribution in [0.1, 0.15) is 30.4 Å². The summed E-state index contributed by atoms with van der Waals surface area (Å²) in [4.78, 5) is 12.0. The highest BCUT2D eigenvalue weighted by Gasteiger charge is 2.33. The first-order chi connectivity index (χ1) is 8.59. The van der Waals surface area contributed by atoms with Crippen molar-refractivity contribution >= 4 is 30.2 Å². The third kappa shape index (κ3) is 3.42. The van der Waals surface area contributed by atoms with Crippen molar-refractivity contribution in [2.24, 2.45) is 0 Å². The van der Waals surface area contributed by atoms with Gasteiger partial charge < -0.3 is 13.8 Å². The molecular weight excluding hydrogens is 275 g/mol. The highest BCUT2D eigenvalue weighted by atomic mass is 32.1. The van der Waals surface area contributed by atoms with Crippen molar-refractivity contribution in [3.05, 3.63) is 16.3 Å². The predicted molar refractivity (Wildman–Crippen MR) is 70.8 cm³/mol. The van der Waals surface area contributed by atoms with E-state index in [-0.39, 0.29) is 30.0 Å². The molecule has 0 aromatic carbocycles. The molecule has 0 amide bonds. The molecular formula is C11H17O5PS. The lowest BCUT2D eigenvalue weighted by Crippen LogP contribution is -2.17. The summed E-state index contributed by atoms with van der Waals surface area (Å²) in [6, 6.07) is 1.59. The zero-order valence-corrected chi connectivity index (χ0v) is 12.4. The molecule has 0 fully saturated rings. The maximum absolute atomic E-state index is 12.6. The second-order valence-corrected chi connectivity index (χ2v) is 6.10. The van der Waals surface area contributed by atoms with Crippen molar-refractivity contribution in [2.45, 2.75) is 20.8 Å². The molecule has 0 unspecified atom stereocenters. The van der Waals surface area contributed by atoms with Crippen molar-refractivity contribution in [3.8, 4) is 0 Å². The Morgan fingerprint density at radius 1 is 1.22 bits per heavy atom. The summed E-state index contributed by atoms with van der Waals surface area (Å²) in [5.41, 5.74) is 0. The molecule has 0 saturated carbocycles. The summed E-state index contributed by atoms with van der Waals surface area (Å²) in [5.74, 6) is -0.498. The molecule has 1 rings (SSSR count). The highest BCUT2D eigenvalue weighted by Crippen LogP contribution is 2.48. The SMILES string of the molecule is CCOC(=O)c1sccc1P(=O)(OCC)OCC. The molecule has 0 aliphatic rings. The summed E-state index contributed by atoms with van der Waals surface area (Å²) in [6.45, 7) is 5.93. The summed E-state index contributed by atoms with van der Waals surface area (Å²) in [7, 11) is -3.43. The number of rotatable bonds is 7. The van der Waals surface area contributed by atoms with Crippen LogP contribution in [0.3, 0.4) is 0 Å². The van der Waals surface area contributed by atoms with Crippen LogP contribution in [0.4, 0.5) is 0 Å². The van der Waals surface area contributed by atoms with Crippen LogP contribution in [0.15, 0.2) is 11.4 Å². The Balaban J connectivity index is 3.10. The molecule has 0 aliphatic heterocycles. The van der Waals surface area contributed by atoms with Crippen molar-refractivity contribution in [1.82, 2.24) is 0 Å². The van der Waals surface area contributed by atoms with Crippen molar-refractivity contribution < 1.29 is 23.1 Å². The van der Waals surface area contributed by atoms with E-state index in [0.717, 1.165) is 0 Å². The Kier molecular flexibility index (Phi) is 6.02. The van der Waals surface area contributed by atoms with E-state index in [9.17, 15) is 9.36 Å². The first kappa shape index (κ1) is 15.4. The van der Waals surface area contributed by atoms with Gasteiger partial charge in [0.2, 0.25) is 0 Å². The van der Waals surface area contributed by atoms with Gasteiger partial charge in [0.1, 0.15) is 4.88 Å². The highest BCUT2D eigenvalue weighted by molar-refractivity contribution is 7.63. The van der Waals surface area contributed by atoms with Crippen molar-refractivity contribution in [1.29, 1.82) is 0 Å². The van der Waals surface area contributed by atoms with E-state index in [0.29, 0.717) is 0 Å². The van der Waals surface area contributed by atoms with Crippen LogP contribution in [0.25, 0.3) is 0 Å². The number of carbonyl (C=O) groups is 1. The smallest absolute Gasteiger partial charge is 0.363 e. The summed E-state index contributed by atoms with van der Waals surface area (Å²) in [5, 5.41) is 1.96. The maximum atomic E-state index is 12.6. The lowest BCUT2D eigenvalue weighted by atomic mass is 10.5. The van der Waals surface area contributed by atoms with E-state index in [1.807, 2.05) is 0 Å². The van der Waals surface area contributed by atoms with Gasteiger partial charge >= 0.3 is 13.6 Å². The lowest BCUT2D eigenvalue weighted by Gasteiger charge is -2.16. The van der Waals surface area contributed by atoms with Gasteiger partial charge in [-0.1, -0.05) is 0 Å². The van der Waals surface area contributed by atoms with E-state index in [4.69, 9.17) is 13.8 Å². The Hall–Kier alpha value is -0.680. The van der Waals surface area contributed by atoms with Gasteiger partial charge in [0, 0.05) is 0 Å². The second-order valence-electron chi connectivity index (χ2n) is 3.19. The zero-order chi connectivity index (χ0) is 13.6. The molecule has 1 aromatic heterocycles. The van der Waals surface area contributed by atoms with E-state index < -0.39 is 13.6 Å². The fraction of sp³-hybridized carbons (Fsp3) is 0.545. The minimum absolute atomic E-state index is 0.245. The standard InChI is InChI=1S/C11H17O5PS/c1-4-14-11(12)10-9(7-8-18-10)17(13,15-5-2)16-6-3/h7-8H,4-6H2,1-3H3. The lowest BCUT2D eigenvalue weighted by molar-refractivity contribution is 0.0532. The van der Waals surface area contributed by atoms with Gasteiger partial charge in [-0.25, -0.2) is 4.79 Å². The van der Waals surface area contributed by atoms with Gasteiger partial charge in [0.05, 0.1) is 25.1 Å². The summed E-state index contributed by atoms with van der Waals surface area (Å²) in [6.07, 6.45) is 0. The Morgan fingerprint density at radius 3 is 2.33 bits per heavy atom. The number of thiophene rings is 1. The first-order valence-corrected chi connectivity index (χ1v) is 8.15. The molecule has 0 radical (unpaired) electrons. The number of hydrogen-bond acceptors (Lipinski definition) is 6. The van der Waals surface area contributed by atoms with Crippen LogP contribution >= 0.6 is 18.9 Å². The van der Waals surface area contributed by atoms with Gasteiger partial charge in [-0.15, -0.1) is 11.3 Å². The Bertz CT molecular complexity index is 432. The molecule has 1 heterocycles. The number of ether oxygens (including phenoxy) is 1. The van der Waals surface area contributed by atoms with Gasteiger partial charge in [-0.2, -0.15) is 0 Å². The van der Waals surface area contributed by atoms with Gasteiger partial charge in [0.15, 0.2) is 0 Å². The average molecular weight is 292 g/mol. The molecule has 0 N–H and O–H groups in total. The first-order valence-electron chi connectivity index (χ1n) is 5.73. The fourth-order valence-corrected chi connectivity index (χ4v) is 4.29. The Labute approximate surface area is 111 Å². The molecule has 0 spiro atoms. The molecule has 0 atom stereocenters. The van der Waals surface area contributed by atoms with Crippen LogP contribution in [-0.2, 0) is 18.3 Å². The van der Waals surface area contributed by atoms with Crippen LogP contribution < -0.4 is 5.30 Å². The molecule has 102 valence electrons. The predicted octanol–water partition coefficient (Wildman–Crippen LogP) is 2.82. The number of esters is 1. The summed E-state index contributed by atoms with van der Waals surface area (Å²) < 4.78 is 27.9. The molecule has 1 aromatic rings. The van der Waals surface area contributed by atoms with Gasteiger partial charge in [0.25, 0.3) is 0 Å². The minimum Gasteiger partial charge on any atom is -0.462 e.